The second kappa shape index (κ2) is 20.8. The van der Waals surface area contributed by atoms with E-state index in [4.69, 9.17) is 13.9 Å². The van der Waals surface area contributed by atoms with Crippen molar-refractivity contribution in [3.8, 4) is 0 Å². The van der Waals surface area contributed by atoms with Crippen LogP contribution in [0.1, 0.15) is 5.56 Å². The summed E-state index contributed by atoms with van der Waals surface area (Å²) in [5.41, 5.74) is 0.956. The summed E-state index contributed by atoms with van der Waals surface area (Å²) in [5, 5.41) is 0. The van der Waals surface area contributed by atoms with Crippen LogP contribution in [0, 0.1) is 20.2 Å². The molecule has 3 rings (SSSR count). The second-order valence-electron chi connectivity index (χ2n) is 4.34. The largest absolute Gasteiger partial charge is 0.265 e. The van der Waals surface area contributed by atoms with Gasteiger partial charge in [0.1, 0.15) is 0 Å². The Hall–Kier alpha value is -2.47. The van der Waals surface area contributed by atoms with Gasteiger partial charge in [0.2, 0.25) is 0 Å². The van der Waals surface area contributed by atoms with Gasteiger partial charge in [0.25, 0.3) is 10.1 Å². The first-order valence-electron chi connectivity index (χ1n) is 7.15. The predicted octanol–water partition coefficient (Wildman–Crippen LogP) is 3.33. The van der Waals surface area contributed by atoms with E-state index in [0.29, 0.717) is 0 Å². The van der Waals surface area contributed by atoms with E-state index in [9.17, 15) is 8.42 Å². The molecule has 0 unspecified atom stereocenters. The molecule has 0 atom stereocenters. The number of nitrogens with zero attached hydrogens (tertiary/aromatic N) is 2. The van der Waals surface area contributed by atoms with Gasteiger partial charge in [0.15, 0.2) is 0 Å². The fourth-order valence-corrected chi connectivity index (χ4v) is 1.82. The molecule has 1 N–H and O–H groups in total. The molecule has 0 aliphatic carbocycles. The van der Waals surface area contributed by atoms with Gasteiger partial charge >= 0.3 is 22.6 Å². The van der Waals surface area contributed by atoms with Gasteiger partial charge < -0.3 is 0 Å². The van der Waals surface area contributed by atoms with Crippen LogP contribution in [-0.4, -0.2) is 22.9 Å². The number of hydrogen-bond acceptors (Lipinski definition) is 4. The molecular weight excluding hydrogens is 469 g/mol. The van der Waals surface area contributed by atoms with E-state index in [1.54, 1.807) is 36.9 Å². The van der Waals surface area contributed by atoms with Crippen molar-refractivity contribution in [2.24, 2.45) is 0 Å². The van der Waals surface area contributed by atoms with Crippen molar-refractivity contribution < 1.29 is 41.8 Å². The van der Waals surface area contributed by atoms with Gasteiger partial charge in [-0.3, -0.25) is 14.5 Å². The molecule has 0 bridgehead atoms. The number of aryl methyl sites for hydroxylation is 1. The van der Waals surface area contributed by atoms with E-state index in [0.717, 1.165) is 5.56 Å². The van der Waals surface area contributed by atoms with Gasteiger partial charge in [0.05, 0.1) is 4.90 Å². The molecule has 0 saturated heterocycles. The van der Waals surface area contributed by atoms with Gasteiger partial charge in [-0.05, 0) is 43.3 Å². The Kier molecular flexibility index (Phi) is 22.5. The molecule has 0 fully saturated rings. The maximum Gasteiger partial charge on any atom is 0.0267 e. The van der Waals surface area contributed by atoms with Crippen LogP contribution in [0.2, 0.25) is 0 Å². The van der Waals surface area contributed by atoms with Gasteiger partial charge in [-0.25, -0.2) is 0 Å². The first-order chi connectivity index (χ1) is 13.0. The summed E-state index contributed by atoms with van der Waals surface area (Å²) in [5.74, 6) is 0. The average molecular weight is 487 g/mol. The van der Waals surface area contributed by atoms with Crippen molar-refractivity contribution in [3.05, 3.63) is 104 Å². The molecule has 2 aromatic heterocycles. The standard InChI is InChI=1S/C7H8O3S.2C5H5N.2CO.Ru/c1-6-2-4-7(5-3-6)11(8,9)10;2*1-2-4-6-5-3-1;2*1-2;/h2-5H,1H3,(H,8,9,10);2*1-5H;;;. The van der Waals surface area contributed by atoms with Crippen LogP contribution in [-0.2, 0) is 38.9 Å². The number of rotatable bonds is 1. The normalized spacial score (nSPS) is 8.07. The molecule has 1 aromatic carbocycles. The second-order valence-corrected chi connectivity index (χ2v) is 5.76. The molecule has 0 aliphatic rings. The molecule has 3 aromatic rings. The molecule has 0 amide bonds. The Labute approximate surface area is 177 Å². The van der Waals surface area contributed by atoms with Crippen LogP contribution in [0.25, 0.3) is 0 Å². The number of aromatic nitrogens is 2. The van der Waals surface area contributed by atoms with E-state index in [-0.39, 0.29) is 24.4 Å². The minimum Gasteiger partial charge on any atom is -0.265 e. The van der Waals surface area contributed by atoms with E-state index >= 15 is 0 Å². The minimum absolute atomic E-state index is 0. The Morgan fingerprint density at radius 3 is 1.25 bits per heavy atom. The molecule has 0 saturated carbocycles. The zero-order chi connectivity index (χ0) is 21.0. The predicted molar refractivity (Wildman–Crippen MR) is 97.3 cm³/mol. The number of benzene rings is 1. The summed E-state index contributed by atoms with van der Waals surface area (Å²) in [4.78, 5) is 7.50. The molecular formula is C19H18N2O5RuS. The third-order valence-corrected chi connectivity index (χ3v) is 3.32. The van der Waals surface area contributed by atoms with Crippen molar-refractivity contribution in [1.29, 1.82) is 0 Å². The maximum atomic E-state index is 10.5. The topological polar surface area (TPSA) is 120 Å². The fraction of sp³-hybridized carbons (Fsp3) is 0.0526. The van der Waals surface area contributed by atoms with E-state index < -0.39 is 10.1 Å². The minimum atomic E-state index is -4.02. The van der Waals surface area contributed by atoms with Crippen LogP contribution < -0.4 is 0 Å². The van der Waals surface area contributed by atoms with Crippen molar-refractivity contribution in [3.63, 3.8) is 0 Å². The van der Waals surface area contributed by atoms with Crippen LogP contribution in [0.3, 0.4) is 0 Å². The molecule has 0 aliphatic heterocycles. The number of pyridine rings is 2. The van der Waals surface area contributed by atoms with Gasteiger partial charge in [-0.1, -0.05) is 29.8 Å². The Morgan fingerprint density at radius 2 is 1.07 bits per heavy atom. The molecule has 0 radical (unpaired) electrons. The third kappa shape index (κ3) is 18.3. The maximum absolute atomic E-state index is 10.5. The first-order valence-corrected chi connectivity index (χ1v) is 8.59. The molecule has 7 nitrogen and oxygen atoms in total. The van der Waals surface area contributed by atoms with Crippen LogP contribution >= 0.6 is 0 Å². The quantitative estimate of drug-likeness (QED) is 0.244. The first kappa shape index (κ1) is 30.3. The monoisotopic (exact) mass is 488 g/mol. The van der Waals surface area contributed by atoms with Crippen molar-refractivity contribution in [2.75, 3.05) is 0 Å². The molecule has 0 spiro atoms. The summed E-state index contributed by atoms with van der Waals surface area (Å²) in [6.45, 7) is 10.8. The van der Waals surface area contributed by atoms with Gasteiger partial charge in [-0.2, -0.15) is 8.42 Å². The Balaban J connectivity index is -0.000000317. The zero-order valence-corrected chi connectivity index (χ0v) is 17.4. The summed E-state index contributed by atoms with van der Waals surface area (Å²) in [6, 6.07) is 17.4. The van der Waals surface area contributed by atoms with Crippen LogP contribution in [0.5, 0.6) is 0 Å². The van der Waals surface area contributed by atoms with Gasteiger partial charge in [0, 0.05) is 44.3 Å². The average Bonchev–Trinajstić information content (AvgIpc) is 2.74. The molecule has 28 heavy (non-hydrogen) atoms. The smallest absolute Gasteiger partial charge is 0.0267 e. The van der Waals surface area contributed by atoms with Crippen LogP contribution in [0.15, 0.2) is 90.3 Å². The summed E-state index contributed by atoms with van der Waals surface area (Å²) < 4.78 is 44.6. The molecule has 2 heterocycles. The SMILES string of the molecule is Cc1ccc(S(=O)(=O)O)cc1.[C-]#[O+].[C-]#[O+].[Ru].c1ccncc1.c1ccncc1. The number of hydrogen-bond donors (Lipinski definition) is 1. The zero-order valence-electron chi connectivity index (χ0n) is 14.8. The van der Waals surface area contributed by atoms with Gasteiger partial charge in [-0.15, -0.1) is 0 Å². The fourth-order valence-electron chi connectivity index (χ4n) is 1.34. The summed E-state index contributed by atoms with van der Waals surface area (Å²) in [6.07, 6.45) is 7.00. The summed E-state index contributed by atoms with van der Waals surface area (Å²) >= 11 is 0. The Morgan fingerprint density at radius 1 is 0.750 bits per heavy atom. The van der Waals surface area contributed by atoms with E-state index in [1.165, 1.54) is 12.1 Å². The molecule has 9 heteroatoms. The van der Waals surface area contributed by atoms with Crippen molar-refractivity contribution >= 4 is 10.1 Å². The summed E-state index contributed by atoms with van der Waals surface area (Å²) in [7, 11) is -4.02. The third-order valence-electron chi connectivity index (χ3n) is 2.45. The van der Waals surface area contributed by atoms with E-state index in [1.807, 2.05) is 43.3 Å². The van der Waals surface area contributed by atoms with Crippen molar-refractivity contribution in [2.45, 2.75) is 11.8 Å². The van der Waals surface area contributed by atoms with Crippen LogP contribution in [0.4, 0.5) is 0 Å². The van der Waals surface area contributed by atoms with Crippen molar-refractivity contribution in [1.82, 2.24) is 9.97 Å². The Bertz CT molecular complexity index is 750. The molecule has 148 valence electrons. The van der Waals surface area contributed by atoms with E-state index in [2.05, 4.69) is 23.3 Å².